The first-order valence-electron chi connectivity index (χ1n) is 11.6. The molecule has 2 heterocycles. The first-order chi connectivity index (χ1) is 19.3. The molecule has 41 heavy (non-hydrogen) atoms. The van der Waals surface area contributed by atoms with Gasteiger partial charge < -0.3 is 4.74 Å². The number of nitrogens with one attached hydrogen (secondary N) is 1. The van der Waals surface area contributed by atoms with E-state index >= 15 is 0 Å². The largest absolute Gasteiger partial charge is 0.573 e. The van der Waals surface area contributed by atoms with Gasteiger partial charge in [0.15, 0.2) is 11.6 Å². The molecule has 0 amide bonds. The smallest absolute Gasteiger partial charge is 0.406 e. The van der Waals surface area contributed by atoms with E-state index in [1.54, 1.807) is 0 Å². The van der Waals surface area contributed by atoms with Crippen molar-refractivity contribution >= 4 is 26.6 Å². The fourth-order valence-corrected chi connectivity index (χ4v) is 5.53. The molecule has 0 spiro atoms. The number of hydrogen-bond donors (Lipinski definition) is 1. The van der Waals surface area contributed by atoms with Crippen LogP contribution in [0.2, 0.25) is 0 Å². The maximum absolute atomic E-state index is 14.5. The van der Waals surface area contributed by atoms with Crippen molar-refractivity contribution in [1.29, 1.82) is 0 Å². The van der Waals surface area contributed by atoms with Gasteiger partial charge in [-0.05, 0) is 47.3 Å². The van der Waals surface area contributed by atoms with E-state index in [2.05, 4.69) is 24.9 Å². The molecule has 0 aliphatic rings. The number of alkyl halides is 6. The predicted molar refractivity (Wildman–Crippen MR) is 135 cm³/mol. The van der Waals surface area contributed by atoms with Crippen LogP contribution < -0.4 is 9.04 Å². The van der Waals surface area contributed by atoms with E-state index in [0.717, 1.165) is 30.5 Å². The summed E-state index contributed by atoms with van der Waals surface area (Å²) in [5, 5.41) is 6.19. The molecule has 8 nitrogen and oxygen atoms in total. The average molecular weight is 594 g/mol. The highest BCUT2D eigenvalue weighted by atomic mass is 32.2. The number of H-pyrrole nitrogens is 1. The minimum Gasteiger partial charge on any atom is -0.406 e. The molecule has 3 aromatic carbocycles. The fraction of sp³-hybridized carbons (Fsp3) is 0.115. The Morgan fingerprint density at radius 2 is 1.54 bits per heavy atom. The molecule has 2 aromatic heterocycles. The number of ether oxygens (including phenoxy) is 1. The molecule has 0 saturated carbocycles. The topological polar surface area (TPSA) is 101 Å². The van der Waals surface area contributed by atoms with Crippen LogP contribution in [0, 0.1) is 0 Å². The average Bonchev–Trinajstić information content (AvgIpc) is 3.46. The second-order valence-corrected chi connectivity index (χ2v) is 10.5. The molecule has 212 valence electrons. The Hall–Kier alpha value is -4.66. The number of halogens is 6. The van der Waals surface area contributed by atoms with Gasteiger partial charge in [-0.2, -0.15) is 18.3 Å². The highest BCUT2D eigenvalue weighted by Crippen LogP contribution is 2.42. The van der Waals surface area contributed by atoms with Crippen LogP contribution in [0.4, 0.5) is 32.2 Å². The standard InChI is InChI=1S/C26H17F6N5O3S/c27-25(28,29)22-21-4-2-1-3-18(21)13-33-24(22)37(14-16-5-9-19(10-6-16)40-26(30,31)32)41(38,39)20-11-7-17(8-12-20)23-34-15-35-36-23/h1-13,15H,14H2,(H,34,35,36). The number of fused-ring (bicyclic) bond motifs is 1. The summed E-state index contributed by atoms with van der Waals surface area (Å²) in [5.74, 6) is -1.15. The zero-order chi connectivity index (χ0) is 29.4. The van der Waals surface area contributed by atoms with Crippen molar-refractivity contribution in [2.45, 2.75) is 24.0 Å². The summed E-state index contributed by atoms with van der Waals surface area (Å²) >= 11 is 0. The molecule has 0 fully saturated rings. The summed E-state index contributed by atoms with van der Waals surface area (Å²) in [6, 6.07) is 14.8. The van der Waals surface area contributed by atoms with Gasteiger partial charge in [-0.3, -0.25) is 5.10 Å². The predicted octanol–water partition coefficient (Wildman–Crippen LogP) is 6.33. The maximum Gasteiger partial charge on any atom is 0.573 e. The van der Waals surface area contributed by atoms with Crippen LogP contribution in [0.3, 0.4) is 0 Å². The summed E-state index contributed by atoms with van der Waals surface area (Å²) in [7, 11) is -4.71. The van der Waals surface area contributed by atoms with Gasteiger partial charge in [-0.1, -0.05) is 36.4 Å². The molecule has 0 unspecified atom stereocenters. The third kappa shape index (κ3) is 5.94. The molecule has 0 aliphatic carbocycles. The van der Waals surface area contributed by atoms with Crippen molar-refractivity contribution in [3.63, 3.8) is 0 Å². The number of aromatic amines is 1. The molecule has 0 bridgehead atoms. The minimum absolute atomic E-state index is 0.0736. The Morgan fingerprint density at radius 3 is 2.15 bits per heavy atom. The summed E-state index contributed by atoms with van der Waals surface area (Å²) in [5.41, 5.74) is -0.744. The maximum atomic E-state index is 14.5. The van der Waals surface area contributed by atoms with Gasteiger partial charge in [-0.25, -0.2) is 22.7 Å². The number of pyridine rings is 1. The molecule has 5 aromatic rings. The lowest BCUT2D eigenvalue weighted by Crippen LogP contribution is -2.33. The van der Waals surface area contributed by atoms with Crippen LogP contribution in [0.5, 0.6) is 5.75 Å². The van der Waals surface area contributed by atoms with E-state index < -0.39 is 46.2 Å². The van der Waals surface area contributed by atoms with Crippen LogP contribution in [-0.4, -0.2) is 34.9 Å². The van der Waals surface area contributed by atoms with E-state index in [-0.39, 0.29) is 21.2 Å². The van der Waals surface area contributed by atoms with Gasteiger partial charge in [0.25, 0.3) is 10.0 Å². The second kappa shape index (κ2) is 10.4. The highest BCUT2D eigenvalue weighted by Gasteiger charge is 2.41. The van der Waals surface area contributed by atoms with Crippen molar-refractivity contribution in [2.24, 2.45) is 0 Å². The normalized spacial score (nSPS) is 12.4. The van der Waals surface area contributed by atoms with E-state index in [9.17, 15) is 34.8 Å². The third-order valence-electron chi connectivity index (χ3n) is 5.91. The molecular formula is C26H17F6N5O3S. The van der Waals surface area contributed by atoms with Crippen LogP contribution >= 0.6 is 0 Å². The number of benzene rings is 3. The molecule has 0 aliphatic heterocycles. The summed E-state index contributed by atoms with van der Waals surface area (Å²) in [4.78, 5) is 7.53. The van der Waals surface area contributed by atoms with Crippen LogP contribution in [-0.2, 0) is 22.7 Å². The number of aromatic nitrogens is 4. The van der Waals surface area contributed by atoms with E-state index in [4.69, 9.17) is 0 Å². The third-order valence-corrected chi connectivity index (χ3v) is 7.66. The Bertz CT molecular complexity index is 1770. The van der Waals surface area contributed by atoms with Crippen molar-refractivity contribution in [2.75, 3.05) is 4.31 Å². The van der Waals surface area contributed by atoms with Crippen molar-refractivity contribution in [1.82, 2.24) is 20.2 Å². The first-order valence-corrected chi connectivity index (χ1v) is 13.0. The zero-order valence-corrected chi connectivity index (χ0v) is 21.3. The van der Waals surface area contributed by atoms with Gasteiger partial charge in [0.2, 0.25) is 0 Å². The minimum atomic E-state index is -5.02. The van der Waals surface area contributed by atoms with Gasteiger partial charge in [0.05, 0.1) is 11.4 Å². The Labute approximate surface area is 228 Å². The van der Waals surface area contributed by atoms with E-state index in [1.165, 1.54) is 54.9 Å². The molecule has 0 atom stereocenters. The monoisotopic (exact) mass is 593 g/mol. The number of rotatable bonds is 7. The Balaban J connectivity index is 1.64. The van der Waals surface area contributed by atoms with Gasteiger partial charge in [0.1, 0.15) is 17.6 Å². The van der Waals surface area contributed by atoms with E-state index in [1.807, 2.05) is 0 Å². The SMILES string of the molecule is O=S(=O)(c1ccc(-c2ncn[nH]2)cc1)N(Cc1ccc(OC(F)(F)F)cc1)c1ncc2ccccc2c1C(F)(F)F. The van der Waals surface area contributed by atoms with Gasteiger partial charge in [0, 0.05) is 17.1 Å². The molecule has 15 heteroatoms. The number of sulfonamides is 1. The Morgan fingerprint density at radius 1 is 0.854 bits per heavy atom. The van der Waals surface area contributed by atoms with E-state index in [0.29, 0.717) is 15.7 Å². The number of anilines is 1. The Kier molecular flexibility index (Phi) is 7.07. The lowest BCUT2D eigenvalue weighted by Gasteiger charge is -2.27. The van der Waals surface area contributed by atoms with Crippen LogP contribution in [0.1, 0.15) is 11.1 Å². The molecule has 1 N–H and O–H groups in total. The molecule has 5 rings (SSSR count). The summed E-state index contributed by atoms with van der Waals surface area (Å²) < 4.78 is 113. The van der Waals surface area contributed by atoms with Crippen LogP contribution in [0.25, 0.3) is 22.2 Å². The lowest BCUT2D eigenvalue weighted by molar-refractivity contribution is -0.274. The summed E-state index contributed by atoms with van der Waals surface area (Å²) in [6.07, 6.45) is -7.62. The lowest BCUT2D eigenvalue weighted by atomic mass is 10.1. The fourth-order valence-electron chi connectivity index (χ4n) is 4.11. The quantitative estimate of drug-likeness (QED) is 0.221. The van der Waals surface area contributed by atoms with Crippen LogP contribution in [0.15, 0.2) is 90.2 Å². The first kappa shape index (κ1) is 27.9. The number of hydrogen-bond acceptors (Lipinski definition) is 6. The highest BCUT2D eigenvalue weighted by molar-refractivity contribution is 7.92. The molecular weight excluding hydrogens is 576 g/mol. The zero-order valence-electron chi connectivity index (χ0n) is 20.5. The van der Waals surface area contributed by atoms with Crippen molar-refractivity contribution in [3.8, 4) is 17.1 Å². The van der Waals surface area contributed by atoms with Crippen molar-refractivity contribution < 1.29 is 39.5 Å². The van der Waals surface area contributed by atoms with Gasteiger partial charge in [-0.15, -0.1) is 13.2 Å². The van der Waals surface area contributed by atoms with Gasteiger partial charge >= 0.3 is 12.5 Å². The summed E-state index contributed by atoms with van der Waals surface area (Å²) in [6.45, 7) is -0.688. The number of nitrogens with zero attached hydrogens (tertiary/aromatic N) is 4. The molecule has 0 radical (unpaired) electrons. The molecule has 0 saturated heterocycles. The van der Waals surface area contributed by atoms with Crippen molar-refractivity contribution in [3.05, 3.63) is 96.4 Å². The second-order valence-electron chi connectivity index (χ2n) is 8.60.